The molecule has 4 aromatic rings. The van der Waals surface area contributed by atoms with Crippen molar-refractivity contribution >= 4 is 11.6 Å². The maximum Gasteiger partial charge on any atom is 0.238 e. The molecule has 0 atom stereocenters. The standard InChI is InChI=1S/C34H40N6O4/c1-24-36-37-33-14-8-27-20-28(9-12-30(27)40(24)33)35-34(41)22-39-16-4-15-38(17-18-39)21-26-7-13-31(32(19-26)43-3)44-23-25-5-10-29(42-2)11-6-25/h5-7,9-13,19-20H,4,8,14-18,21-23H2,1-3H3,(H,35,41). The summed E-state index contributed by atoms with van der Waals surface area (Å²) in [5.74, 6) is 4.17. The Kier molecular flexibility index (Phi) is 9.09. The van der Waals surface area contributed by atoms with E-state index in [0.717, 1.165) is 97.8 Å². The number of nitrogens with zero attached hydrogens (tertiary/aromatic N) is 5. The lowest BCUT2D eigenvalue weighted by molar-refractivity contribution is -0.117. The molecule has 0 bridgehead atoms. The zero-order valence-corrected chi connectivity index (χ0v) is 25.7. The Hall–Kier alpha value is -4.41. The molecule has 1 N–H and O–H groups in total. The van der Waals surface area contributed by atoms with E-state index in [1.54, 1.807) is 14.2 Å². The molecule has 6 rings (SSSR count). The lowest BCUT2D eigenvalue weighted by atomic mass is 10.0. The normalized spacial score (nSPS) is 15.2. The largest absolute Gasteiger partial charge is 0.497 e. The van der Waals surface area contributed by atoms with Gasteiger partial charge in [0.15, 0.2) is 11.5 Å². The third-order valence-corrected chi connectivity index (χ3v) is 8.35. The molecular formula is C34H40N6O4. The zero-order chi connectivity index (χ0) is 30.5. The summed E-state index contributed by atoms with van der Waals surface area (Å²) in [4.78, 5) is 17.7. The van der Waals surface area contributed by atoms with Crippen LogP contribution in [0.15, 0.2) is 60.7 Å². The molecule has 0 saturated carbocycles. The summed E-state index contributed by atoms with van der Waals surface area (Å²) in [7, 11) is 3.33. The Labute approximate surface area is 258 Å². The number of rotatable bonds is 10. The predicted octanol–water partition coefficient (Wildman–Crippen LogP) is 4.42. The number of hydrogen-bond donors (Lipinski definition) is 1. The summed E-state index contributed by atoms with van der Waals surface area (Å²) < 4.78 is 19.1. The molecule has 3 heterocycles. The minimum Gasteiger partial charge on any atom is -0.497 e. The van der Waals surface area contributed by atoms with Crippen molar-refractivity contribution in [2.75, 3.05) is 52.3 Å². The second-order valence-corrected chi connectivity index (χ2v) is 11.4. The van der Waals surface area contributed by atoms with Crippen molar-refractivity contribution in [2.24, 2.45) is 0 Å². The lowest BCUT2D eigenvalue weighted by Crippen LogP contribution is -2.36. The molecule has 0 spiro atoms. The molecule has 2 aliphatic rings. The quantitative estimate of drug-likeness (QED) is 0.288. The van der Waals surface area contributed by atoms with E-state index in [2.05, 4.69) is 54.1 Å². The maximum atomic E-state index is 13.0. The fourth-order valence-corrected chi connectivity index (χ4v) is 6.02. The highest BCUT2D eigenvalue weighted by atomic mass is 16.5. The number of aromatic nitrogens is 3. The van der Waals surface area contributed by atoms with Crippen molar-refractivity contribution in [3.05, 3.63) is 89.0 Å². The van der Waals surface area contributed by atoms with Crippen molar-refractivity contribution in [3.8, 4) is 22.9 Å². The van der Waals surface area contributed by atoms with Gasteiger partial charge in [-0.25, -0.2) is 0 Å². The summed E-state index contributed by atoms with van der Waals surface area (Å²) in [5.41, 5.74) is 5.38. The molecular weight excluding hydrogens is 556 g/mol. The van der Waals surface area contributed by atoms with Gasteiger partial charge in [0.1, 0.15) is 24.0 Å². The SMILES string of the molecule is COc1ccc(COc2ccc(CN3CCCN(CC(=O)Nc4ccc5c(c4)CCc4nnc(C)n4-5)CC3)cc2OC)cc1. The van der Waals surface area contributed by atoms with Gasteiger partial charge in [0.25, 0.3) is 0 Å². The molecule has 1 saturated heterocycles. The van der Waals surface area contributed by atoms with Crippen LogP contribution in [0.2, 0.25) is 0 Å². The van der Waals surface area contributed by atoms with E-state index in [-0.39, 0.29) is 5.91 Å². The van der Waals surface area contributed by atoms with Crippen LogP contribution in [0, 0.1) is 6.92 Å². The zero-order valence-electron chi connectivity index (χ0n) is 25.7. The second kappa shape index (κ2) is 13.5. The number of hydrogen-bond acceptors (Lipinski definition) is 8. The molecule has 1 fully saturated rings. The summed E-state index contributed by atoms with van der Waals surface area (Å²) in [6, 6.07) is 20.1. The summed E-state index contributed by atoms with van der Waals surface area (Å²) in [6.45, 7) is 7.23. The van der Waals surface area contributed by atoms with Gasteiger partial charge < -0.3 is 19.5 Å². The molecule has 2 aliphatic heterocycles. The van der Waals surface area contributed by atoms with Gasteiger partial charge in [0, 0.05) is 31.7 Å². The Bertz CT molecular complexity index is 1600. The highest BCUT2D eigenvalue weighted by molar-refractivity contribution is 5.92. The topological polar surface area (TPSA) is 94.0 Å². The number of fused-ring (bicyclic) bond motifs is 3. The molecule has 3 aromatic carbocycles. The number of amides is 1. The molecule has 0 unspecified atom stereocenters. The van der Waals surface area contributed by atoms with Gasteiger partial charge in [-0.1, -0.05) is 18.2 Å². The predicted molar refractivity (Wildman–Crippen MR) is 169 cm³/mol. The van der Waals surface area contributed by atoms with Crippen LogP contribution < -0.4 is 19.5 Å². The molecule has 1 aromatic heterocycles. The van der Waals surface area contributed by atoms with Crippen LogP contribution in [-0.2, 0) is 30.8 Å². The molecule has 1 amide bonds. The number of carbonyl (C=O) groups is 1. The minimum absolute atomic E-state index is 0.0188. The maximum absolute atomic E-state index is 13.0. The first-order chi connectivity index (χ1) is 21.5. The third-order valence-electron chi connectivity index (χ3n) is 8.35. The van der Waals surface area contributed by atoms with Gasteiger partial charge in [-0.05, 0) is 92.0 Å². The van der Waals surface area contributed by atoms with E-state index in [1.807, 2.05) is 43.3 Å². The Morgan fingerprint density at radius 2 is 1.64 bits per heavy atom. The lowest BCUT2D eigenvalue weighted by Gasteiger charge is -2.22. The molecule has 10 heteroatoms. The van der Waals surface area contributed by atoms with E-state index in [0.29, 0.717) is 13.2 Å². The van der Waals surface area contributed by atoms with Crippen molar-refractivity contribution in [3.63, 3.8) is 0 Å². The number of anilines is 1. The number of aryl methyl sites for hydroxylation is 3. The van der Waals surface area contributed by atoms with Crippen LogP contribution in [-0.4, -0.2) is 77.4 Å². The van der Waals surface area contributed by atoms with E-state index in [4.69, 9.17) is 14.2 Å². The second-order valence-electron chi connectivity index (χ2n) is 11.4. The molecule has 44 heavy (non-hydrogen) atoms. The van der Waals surface area contributed by atoms with Crippen LogP contribution in [0.4, 0.5) is 5.69 Å². The highest BCUT2D eigenvalue weighted by Crippen LogP contribution is 2.30. The summed E-state index contributed by atoms with van der Waals surface area (Å²) in [6.07, 6.45) is 2.75. The Morgan fingerprint density at radius 1 is 0.841 bits per heavy atom. The number of ether oxygens (including phenoxy) is 3. The highest BCUT2D eigenvalue weighted by Gasteiger charge is 2.21. The van der Waals surface area contributed by atoms with Gasteiger partial charge in [-0.2, -0.15) is 0 Å². The van der Waals surface area contributed by atoms with Gasteiger partial charge in [-0.3, -0.25) is 19.2 Å². The van der Waals surface area contributed by atoms with Crippen LogP contribution in [0.1, 0.15) is 34.8 Å². The minimum atomic E-state index is 0.0188. The van der Waals surface area contributed by atoms with Crippen molar-refractivity contribution in [2.45, 2.75) is 39.3 Å². The first-order valence-electron chi connectivity index (χ1n) is 15.2. The van der Waals surface area contributed by atoms with Crippen LogP contribution in [0.5, 0.6) is 17.2 Å². The number of benzene rings is 3. The summed E-state index contributed by atoms with van der Waals surface area (Å²) >= 11 is 0. The van der Waals surface area contributed by atoms with Gasteiger partial charge in [0.05, 0.1) is 26.5 Å². The Balaban J connectivity index is 0.991. The average molecular weight is 597 g/mol. The van der Waals surface area contributed by atoms with Crippen LogP contribution in [0.3, 0.4) is 0 Å². The number of methoxy groups -OCH3 is 2. The van der Waals surface area contributed by atoms with Gasteiger partial charge >= 0.3 is 0 Å². The van der Waals surface area contributed by atoms with E-state index in [9.17, 15) is 4.79 Å². The molecule has 10 nitrogen and oxygen atoms in total. The van der Waals surface area contributed by atoms with E-state index < -0.39 is 0 Å². The number of nitrogens with one attached hydrogen (secondary N) is 1. The molecule has 0 radical (unpaired) electrons. The monoisotopic (exact) mass is 596 g/mol. The molecule has 230 valence electrons. The average Bonchev–Trinajstić information content (AvgIpc) is 3.29. The Morgan fingerprint density at radius 3 is 2.45 bits per heavy atom. The fraction of sp³-hybridized carbons (Fsp3) is 0.382. The van der Waals surface area contributed by atoms with E-state index >= 15 is 0 Å². The third kappa shape index (κ3) is 6.87. The van der Waals surface area contributed by atoms with Gasteiger partial charge in [0.2, 0.25) is 5.91 Å². The van der Waals surface area contributed by atoms with Crippen LogP contribution >= 0.6 is 0 Å². The summed E-state index contributed by atoms with van der Waals surface area (Å²) in [5, 5.41) is 11.6. The van der Waals surface area contributed by atoms with Gasteiger partial charge in [-0.15, -0.1) is 10.2 Å². The van der Waals surface area contributed by atoms with Crippen molar-refractivity contribution < 1.29 is 19.0 Å². The molecule has 0 aliphatic carbocycles. The van der Waals surface area contributed by atoms with Crippen molar-refractivity contribution in [1.29, 1.82) is 0 Å². The van der Waals surface area contributed by atoms with Crippen molar-refractivity contribution in [1.82, 2.24) is 24.6 Å². The van der Waals surface area contributed by atoms with Crippen LogP contribution in [0.25, 0.3) is 5.69 Å². The fourth-order valence-electron chi connectivity index (χ4n) is 6.02. The van der Waals surface area contributed by atoms with E-state index in [1.165, 1.54) is 11.1 Å². The smallest absolute Gasteiger partial charge is 0.238 e. The first kappa shape index (κ1) is 29.7. The first-order valence-corrected chi connectivity index (χ1v) is 15.2. The number of carbonyl (C=O) groups excluding carboxylic acids is 1.